The highest BCUT2D eigenvalue weighted by Gasteiger charge is 2.36. The van der Waals surface area contributed by atoms with Gasteiger partial charge in [0.2, 0.25) is 5.69 Å². The van der Waals surface area contributed by atoms with Crippen molar-refractivity contribution >= 4 is 5.69 Å². The lowest BCUT2D eigenvalue weighted by Gasteiger charge is -2.39. The van der Waals surface area contributed by atoms with Crippen molar-refractivity contribution in [3.8, 4) is 73.9 Å². The van der Waals surface area contributed by atoms with Crippen LogP contribution in [0.4, 0.5) is 5.69 Å². The van der Waals surface area contributed by atoms with Crippen LogP contribution in [0.15, 0.2) is 170 Å². The topological polar surface area (TPSA) is 79.7 Å². The van der Waals surface area contributed by atoms with Gasteiger partial charge in [-0.3, -0.25) is 0 Å². The Hall–Kier alpha value is -7.54. The van der Waals surface area contributed by atoms with Gasteiger partial charge in [0, 0.05) is 27.7 Å². The Balaban J connectivity index is 1.10. The van der Waals surface area contributed by atoms with Crippen molar-refractivity contribution in [1.29, 1.82) is 5.26 Å². The normalized spacial score (nSPS) is 13.3. The average Bonchev–Trinajstić information content (AvgIpc) is 3.32. The molecule has 6 nitrogen and oxygen atoms in total. The molecule has 1 saturated carbocycles. The molecule has 2 aromatic heterocycles. The van der Waals surface area contributed by atoms with Gasteiger partial charge in [0.1, 0.15) is 11.6 Å². The van der Waals surface area contributed by atoms with E-state index in [0.29, 0.717) is 45.7 Å². The van der Waals surface area contributed by atoms with Crippen LogP contribution in [0.1, 0.15) is 48.8 Å². The molecule has 1 aliphatic rings. The molecule has 9 rings (SSSR count). The van der Waals surface area contributed by atoms with Crippen molar-refractivity contribution in [3.63, 3.8) is 0 Å². The van der Waals surface area contributed by atoms with Crippen molar-refractivity contribution in [2.45, 2.75) is 37.5 Å². The highest BCUT2D eigenvalue weighted by molar-refractivity contribution is 5.88. The van der Waals surface area contributed by atoms with Crippen LogP contribution in [0.25, 0.3) is 72.7 Å². The molecule has 0 N–H and O–H groups in total. The summed E-state index contributed by atoms with van der Waals surface area (Å²) in [4.78, 5) is 24.1. The summed E-state index contributed by atoms with van der Waals surface area (Å²) in [6, 6.07) is 59.5. The van der Waals surface area contributed by atoms with Gasteiger partial charge in [0.25, 0.3) is 0 Å². The molecule has 2 heterocycles. The van der Waals surface area contributed by atoms with E-state index in [4.69, 9.17) is 26.5 Å². The van der Waals surface area contributed by atoms with Gasteiger partial charge in [0.05, 0.1) is 29.3 Å². The second-order valence-corrected chi connectivity index (χ2v) is 14.7. The first kappa shape index (κ1) is 36.1. The molecule has 6 aromatic carbocycles. The maximum Gasteiger partial charge on any atom is 0.238 e. The van der Waals surface area contributed by atoms with E-state index >= 15 is 0 Å². The van der Waals surface area contributed by atoms with Crippen LogP contribution in [0.3, 0.4) is 0 Å². The highest BCUT2D eigenvalue weighted by Crippen LogP contribution is 2.46. The minimum Gasteiger partial charge on any atom is -0.240 e. The van der Waals surface area contributed by atoms with Gasteiger partial charge >= 0.3 is 0 Å². The highest BCUT2D eigenvalue weighted by atomic mass is 14.9. The summed E-state index contributed by atoms with van der Waals surface area (Å²) >= 11 is 0. The molecule has 0 bridgehead atoms. The maximum atomic E-state index is 10.4. The fourth-order valence-corrected chi connectivity index (χ4v) is 8.37. The van der Waals surface area contributed by atoms with E-state index < -0.39 is 0 Å². The summed E-state index contributed by atoms with van der Waals surface area (Å²) in [5, 5.41) is 10.4. The van der Waals surface area contributed by atoms with Crippen LogP contribution in [0.5, 0.6) is 0 Å². The van der Waals surface area contributed by atoms with Crippen LogP contribution in [-0.2, 0) is 5.41 Å². The monoisotopic (exact) mass is 746 g/mol. The van der Waals surface area contributed by atoms with E-state index in [1.807, 2.05) is 121 Å². The van der Waals surface area contributed by atoms with Crippen molar-refractivity contribution in [2.75, 3.05) is 0 Å². The lowest BCUT2D eigenvalue weighted by Crippen LogP contribution is -2.30. The third kappa shape index (κ3) is 6.83. The lowest BCUT2D eigenvalue weighted by molar-refractivity contribution is 0.346. The molecule has 0 saturated heterocycles. The van der Waals surface area contributed by atoms with Crippen molar-refractivity contribution in [1.82, 2.24) is 19.9 Å². The molecular formula is C52H38N6. The summed E-state index contributed by atoms with van der Waals surface area (Å²) in [7, 11) is 0. The molecule has 0 atom stereocenters. The predicted octanol–water partition coefficient (Wildman–Crippen LogP) is 12.9. The molecule has 58 heavy (non-hydrogen) atoms. The maximum absolute atomic E-state index is 10.4. The van der Waals surface area contributed by atoms with Crippen LogP contribution >= 0.6 is 0 Å². The SMILES string of the molecule is [C-]#[N+]c1c(-c2ccccc2)nc(-c2ccc(C3(c4ccc(-c5nc(-c6ccccc6)c(C#N)c(-c6ccccc6)n5)cc4)CCCCC3)cc2)nc1-c1ccccc1. The zero-order valence-corrected chi connectivity index (χ0v) is 31.9. The first-order valence-electron chi connectivity index (χ1n) is 19.7. The second-order valence-electron chi connectivity index (χ2n) is 14.7. The summed E-state index contributed by atoms with van der Waals surface area (Å²) in [5.74, 6) is 1.17. The molecule has 0 aliphatic heterocycles. The van der Waals surface area contributed by atoms with E-state index in [1.54, 1.807) is 0 Å². The molecule has 0 unspecified atom stereocenters. The average molecular weight is 747 g/mol. The number of nitriles is 1. The summed E-state index contributed by atoms with van der Waals surface area (Å²) in [5.41, 5.74) is 11.1. The van der Waals surface area contributed by atoms with E-state index in [1.165, 1.54) is 17.5 Å². The molecule has 276 valence electrons. The van der Waals surface area contributed by atoms with Gasteiger partial charge < -0.3 is 0 Å². The summed E-state index contributed by atoms with van der Waals surface area (Å²) < 4.78 is 0. The molecule has 8 aromatic rings. The first-order valence-corrected chi connectivity index (χ1v) is 19.7. The quantitative estimate of drug-likeness (QED) is 0.145. The molecule has 0 spiro atoms. The molecule has 0 radical (unpaired) electrons. The molecule has 0 amide bonds. The van der Waals surface area contributed by atoms with Crippen LogP contribution < -0.4 is 0 Å². The fourth-order valence-electron chi connectivity index (χ4n) is 8.37. The predicted molar refractivity (Wildman–Crippen MR) is 232 cm³/mol. The molecule has 6 heteroatoms. The fraction of sp³-hybridized carbons (Fsp3) is 0.115. The van der Waals surface area contributed by atoms with Gasteiger partial charge in [-0.1, -0.05) is 189 Å². The van der Waals surface area contributed by atoms with Crippen molar-refractivity contribution in [2.24, 2.45) is 0 Å². The minimum absolute atomic E-state index is 0.162. The lowest BCUT2D eigenvalue weighted by atomic mass is 9.65. The second kappa shape index (κ2) is 15.9. The number of hydrogen-bond acceptors (Lipinski definition) is 5. The Labute approximate surface area is 339 Å². The number of hydrogen-bond donors (Lipinski definition) is 0. The van der Waals surface area contributed by atoms with Gasteiger partial charge in [-0.15, -0.1) is 0 Å². The van der Waals surface area contributed by atoms with Gasteiger partial charge in [-0.25, -0.2) is 24.8 Å². The third-order valence-electron chi connectivity index (χ3n) is 11.3. The zero-order valence-electron chi connectivity index (χ0n) is 31.9. The van der Waals surface area contributed by atoms with E-state index in [9.17, 15) is 5.26 Å². The number of benzene rings is 6. The summed E-state index contributed by atoms with van der Waals surface area (Å²) in [6.07, 6.45) is 5.59. The Morgan fingerprint density at radius 1 is 0.431 bits per heavy atom. The first-order chi connectivity index (χ1) is 28.6. The zero-order chi connectivity index (χ0) is 39.3. The summed E-state index contributed by atoms with van der Waals surface area (Å²) in [6.45, 7) is 8.14. The third-order valence-corrected chi connectivity index (χ3v) is 11.3. The number of aromatic nitrogens is 4. The minimum atomic E-state index is -0.162. The van der Waals surface area contributed by atoms with E-state index in [2.05, 4.69) is 59.4 Å². The van der Waals surface area contributed by atoms with Crippen LogP contribution in [0, 0.1) is 17.9 Å². The Bertz CT molecular complexity index is 2470. The Kier molecular flexibility index (Phi) is 9.90. The van der Waals surface area contributed by atoms with Crippen LogP contribution in [0.2, 0.25) is 0 Å². The Morgan fingerprint density at radius 3 is 1.12 bits per heavy atom. The molecule has 1 aliphatic carbocycles. The van der Waals surface area contributed by atoms with Crippen molar-refractivity contribution < 1.29 is 0 Å². The van der Waals surface area contributed by atoms with Crippen LogP contribution in [-0.4, -0.2) is 19.9 Å². The number of rotatable bonds is 8. The number of nitrogens with zero attached hydrogens (tertiary/aromatic N) is 6. The van der Waals surface area contributed by atoms with E-state index in [0.717, 1.165) is 59.1 Å². The standard InChI is InChI=1S/C52H38N6/c1-54-49-47(38-21-11-4-12-22-38)57-51(58-48(49)39-23-13-5-14-24-39)41-27-31-43(32-28-41)52(33-15-6-16-34-52)42-29-25-40(26-30-42)50-55-45(36-17-7-2-8-18-36)44(35-53)46(56-50)37-19-9-3-10-20-37/h2-5,7-14,17-32H,6,15-16,33-34H2. The Morgan fingerprint density at radius 2 is 0.776 bits per heavy atom. The molecular weight excluding hydrogens is 709 g/mol. The largest absolute Gasteiger partial charge is 0.240 e. The molecule has 1 fully saturated rings. The van der Waals surface area contributed by atoms with Gasteiger partial charge in [-0.05, 0) is 35.1 Å². The van der Waals surface area contributed by atoms with E-state index in [-0.39, 0.29) is 5.41 Å². The van der Waals surface area contributed by atoms with Gasteiger partial charge in [-0.2, -0.15) is 5.26 Å². The smallest absolute Gasteiger partial charge is 0.238 e. The van der Waals surface area contributed by atoms with Crippen molar-refractivity contribution in [3.05, 3.63) is 198 Å². The van der Waals surface area contributed by atoms with Gasteiger partial charge in [0.15, 0.2) is 11.6 Å².